The summed E-state index contributed by atoms with van der Waals surface area (Å²) in [6.45, 7) is 4.47. The van der Waals surface area contributed by atoms with Crippen molar-refractivity contribution in [1.29, 1.82) is 0 Å². The van der Waals surface area contributed by atoms with E-state index < -0.39 is 11.7 Å². The summed E-state index contributed by atoms with van der Waals surface area (Å²) < 4.78 is 29.2. The average molecular weight is 453 g/mol. The van der Waals surface area contributed by atoms with Crippen molar-refractivity contribution in [3.63, 3.8) is 0 Å². The number of amides is 2. The van der Waals surface area contributed by atoms with Gasteiger partial charge in [-0.15, -0.1) is 0 Å². The van der Waals surface area contributed by atoms with E-state index in [4.69, 9.17) is 14.0 Å². The van der Waals surface area contributed by atoms with E-state index in [1.165, 1.54) is 30.3 Å². The van der Waals surface area contributed by atoms with Crippen LogP contribution >= 0.6 is 0 Å². The Hall–Kier alpha value is -3.88. The molecule has 0 aliphatic carbocycles. The van der Waals surface area contributed by atoms with Gasteiger partial charge in [0.15, 0.2) is 23.0 Å². The molecule has 0 saturated carbocycles. The summed E-state index contributed by atoms with van der Waals surface area (Å²) in [5, 5.41) is 6.64. The molecule has 1 aromatic heterocycles. The predicted octanol–water partition coefficient (Wildman–Crippen LogP) is 3.91. The van der Waals surface area contributed by atoms with Gasteiger partial charge in [0.2, 0.25) is 6.79 Å². The average Bonchev–Trinajstić information content (AvgIpc) is 3.49. The maximum atomic E-state index is 13.2. The molecule has 2 amide bonds. The zero-order valence-electron chi connectivity index (χ0n) is 18.3. The number of halogens is 1. The van der Waals surface area contributed by atoms with E-state index >= 15 is 0 Å². The zero-order valence-corrected chi connectivity index (χ0v) is 18.3. The fourth-order valence-corrected chi connectivity index (χ4v) is 3.39. The van der Waals surface area contributed by atoms with Gasteiger partial charge in [0.25, 0.3) is 11.8 Å². The van der Waals surface area contributed by atoms with Crippen LogP contribution in [0.2, 0.25) is 0 Å². The van der Waals surface area contributed by atoms with Crippen molar-refractivity contribution in [3.8, 4) is 11.5 Å². The van der Waals surface area contributed by atoms with Gasteiger partial charge >= 0.3 is 0 Å². The van der Waals surface area contributed by atoms with Gasteiger partial charge in [0.1, 0.15) is 5.82 Å². The number of aromatic nitrogens is 1. The third-order valence-corrected chi connectivity index (χ3v) is 5.48. The Kier molecular flexibility index (Phi) is 6.58. The molecule has 2 heterocycles. The summed E-state index contributed by atoms with van der Waals surface area (Å²) in [4.78, 5) is 27.1. The molecule has 1 aliphatic rings. The second kappa shape index (κ2) is 9.72. The van der Waals surface area contributed by atoms with Gasteiger partial charge in [0, 0.05) is 24.2 Å². The van der Waals surface area contributed by atoms with E-state index in [2.05, 4.69) is 10.5 Å². The first kappa shape index (κ1) is 22.3. The molecule has 1 atom stereocenters. The number of carbonyl (C=O) groups is 2. The quantitative estimate of drug-likeness (QED) is 0.556. The number of carbonyl (C=O) groups excluding carboxylic acids is 2. The molecule has 33 heavy (non-hydrogen) atoms. The van der Waals surface area contributed by atoms with Gasteiger partial charge in [0.05, 0.1) is 6.54 Å². The van der Waals surface area contributed by atoms with Crippen LogP contribution < -0.4 is 14.8 Å². The van der Waals surface area contributed by atoms with E-state index in [1.54, 1.807) is 11.0 Å². The Morgan fingerprint density at radius 1 is 1.12 bits per heavy atom. The standard InChI is InChI=1S/C24H24FN3O5/c1-3-15(2)28(24(30)17-5-7-18(25)8-6-17)13-19-11-20(27-33-19)23(29)26-12-16-4-9-21-22(10-16)32-14-31-21/h4-11,15H,3,12-14H2,1-2H3,(H,26,29). The molecule has 0 fully saturated rings. The first-order chi connectivity index (χ1) is 15.9. The van der Waals surface area contributed by atoms with E-state index in [0.29, 0.717) is 29.2 Å². The Morgan fingerprint density at radius 3 is 2.64 bits per heavy atom. The Labute approximate surface area is 190 Å². The van der Waals surface area contributed by atoms with Crippen LogP contribution in [0.5, 0.6) is 11.5 Å². The summed E-state index contributed by atoms with van der Waals surface area (Å²) in [6, 6.07) is 12.2. The number of nitrogens with zero attached hydrogens (tertiary/aromatic N) is 2. The third kappa shape index (κ3) is 5.14. The highest BCUT2D eigenvalue weighted by Gasteiger charge is 2.23. The number of rotatable bonds is 8. The van der Waals surface area contributed by atoms with Crippen LogP contribution in [0.1, 0.15) is 52.4 Å². The number of nitrogens with one attached hydrogen (secondary N) is 1. The topological polar surface area (TPSA) is 93.9 Å². The van der Waals surface area contributed by atoms with Crippen molar-refractivity contribution in [3.05, 3.63) is 76.9 Å². The SMILES string of the molecule is CCC(C)N(Cc1cc(C(=O)NCc2ccc3c(c2)OCO3)no1)C(=O)c1ccc(F)cc1. The minimum Gasteiger partial charge on any atom is -0.454 e. The Bertz CT molecular complexity index is 1150. The van der Waals surface area contributed by atoms with Crippen LogP contribution in [0.3, 0.4) is 0 Å². The molecule has 4 rings (SSSR count). The van der Waals surface area contributed by atoms with E-state index in [-0.39, 0.29) is 37.5 Å². The van der Waals surface area contributed by atoms with Crippen molar-refractivity contribution in [1.82, 2.24) is 15.4 Å². The van der Waals surface area contributed by atoms with Gasteiger partial charge in [-0.1, -0.05) is 18.1 Å². The number of fused-ring (bicyclic) bond motifs is 1. The van der Waals surface area contributed by atoms with Crippen LogP contribution in [-0.4, -0.2) is 34.7 Å². The number of benzene rings is 2. The van der Waals surface area contributed by atoms with Crippen LogP contribution in [0, 0.1) is 5.82 Å². The summed E-state index contributed by atoms with van der Waals surface area (Å²) >= 11 is 0. The fraction of sp³-hybridized carbons (Fsp3) is 0.292. The number of hydrogen-bond donors (Lipinski definition) is 1. The van der Waals surface area contributed by atoms with Crippen molar-refractivity contribution < 1.29 is 28.0 Å². The molecular formula is C24H24FN3O5. The Balaban J connectivity index is 1.40. The molecule has 1 unspecified atom stereocenters. The molecule has 3 aromatic rings. The second-order valence-electron chi connectivity index (χ2n) is 7.75. The van der Waals surface area contributed by atoms with Gasteiger partial charge < -0.3 is 24.2 Å². The molecule has 0 saturated heterocycles. The summed E-state index contributed by atoms with van der Waals surface area (Å²) in [5.41, 5.74) is 1.34. The summed E-state index contributed by atoms with van der Waals surface area (Å²) in [6.07, 6.45) is 0.712. The maximum Gasteiger partial charge on any atom is 0.273 e. The highest BCUT2D eigenvalue weighted by Crippen LogP contribution is 2.32. The highest BCUT2D eigenvalue weighted by molar-refractivity contribution is 5.94. The summed E-state index contributed by atoms with van der Waals surface area (Å²) in [7, 11) is 0. The fourth-order valence-electron chi connectivity index (χ4n) is 3.39. The number of ether oxygens (including phenoxy) is 2. The molecule has 0 bridgehead atoms. The lowest BCUT2D eigenvalue weighted by atomic mass is 10.1. The lowest BCUT2D eigenvalue weighted by Crippen LogP contribution is -2.37. The van der Waals surface area contributed by atoms with E-state index in [1.807, 2.05) is 26.0 Å². The number of hydrogen-bond acceptors (Lipinski definition) is 6. The molecule has 0 radical (unpaired) electrons. The first-order valence-corrected chi connectivity index (χ1v) is 10.6. The third-order valence-electron chi connectivity index (χ3n) is 5.48. The lowest BCUT2D eigenvalue weighted by molar-refractivity contribution is 0.0651. The van der Waals surface area contributed by atoms with Crippen LogP contribution in [0.4, 0.5) is 4.39 Å². The van der Waals surface area contributed by atoms with Crippen molar-refractivity contribution in [2.24, 2.45) is 0 Å². The minimum absolute atomic E-state index is 0.101. The molecule has 172 valence electrons. The molecular weight excluding hydrogens is 429 g/mol. The molecule has 1 N–H and O–H groups in total. The lowest BCUT2D eigenvalue weighted by Gasteiger charge is -2.27. The highest BCUT2D eigenvalue weighted by atomic mass is 19.1. The minimum atomic E-state index is -0.409. The van der Waals surface area contributed by atoms with Gasteiger partial charge in [-0.25, -0.2) is 4.39 Å². The smallest absolute Gasteiger partial charge is 0.273 e. The van der Waals surface area contributed by atoms with E-state index in [9.17, 15) is 14.0 Å². The summed E-state index contributed by atoms with van der Waals surface area (Å²) in [5.74, 6) is 0.623. The van der Waals surface area contributed by atoms with Gasteiger partial charge in [-0.2, -0.15) is 0 Å². The van der Waals surface area contributed by atoms with E-state index in [0.717, 1.165) is 5.56 Å². The zero-order chi connectivity index (χ0) is 23.4. The predicted molar refractivity (Wildman–Crippen MR) is 116 cm³/mol. The maximum absolute atomic E-state index is 13.2. The van der Waals surface area contributed by atoms with Gasteiger partial charge in [-0.3, -0.25) is 9.59 Å². The normalized spacial score (nSPS) is 12.9. The molecule has 9 heteroatoms. The van der Waals surface area contributed by atoms with Gasteiger partial charge in [-0.05, 0) is 55.3 Å². The Morgan fingerprint density at radius 2 is 1.88 bits per heavy atom. The molecule has 8 nitrogen and oxygen atoms in total. The second-order valence-corrected chi connectivity index (χ2v) is 7.75. The van der Waals surface area contributed by atoms with Crippen molar-refractivity contribution >= 4 is 11.8 Å². The monoisotopic (exact) mass is 453 g/mol. The van der Waals surface area contributed by atoms with Crippen LogP contribution in [-0.2, 0) is 13.1 Å². The van der Waals surface area contributed by atoms with Crippen molar-refractivity contribution in [2.75, 3.05) is 6.79 Å². The molecule has 1 aliphatic heterocycles. The molecule has 2 aromatic carbocycles. The molecule has 0 spiro atoms. The van der Waals surface area contributed by atoms with Crippen LogP contribution in [0.25, 0.3) is 0 Å². The largest absolute Gasteiger partial charge is 0.454 e. The van der Waals surface area contributed by atoms with Crippen molar-refractivity contribution in [2.45, 2.75) is 39.4 Å². The van der Waals surface area contributed by atoms with Crippen LogP contribution in [0.15, 0.2) is 53.1 Å². The first-order valence-electron chi connectivity index (χ1n) is 10.6.